The molecule has 1 atom stereocenters. The van der Waals surface area contributed by atoms with E-state index in [9.17, 15) is 13.2 Å². The summed E-state index contributed by atoms with van der Waals surface area (Å²) in [5.74, 6) is 0. The molecule has 1 nitrogen and oxygen atoms in total. The maximum absolute atomic E-state index is 12.1. The molecule has 0 N–H and O–H groups in total. The summed E-state index contributed by atoms with van der Waals surface area (Å²) in [6.45, 7) is 0.0498. The Hall–Kier alpha value is 0.230. The van der Waals surface area contributed by atoms with E-state index in [1.807, 2.05) is 0 Å². The third kappa shape index (κ3) is 3.13. The van der Waals surface area contributed by atoms with Gasteiger partial charge in [0.05, 0.1) is 0 Å². The van der Waals surface area contributed by atoms with E-state index >= 15 is 0 Å². The number of halogens is 4. The Balaban J connectivity index is 2.30. The van der Waals surface area contributed by atoms with Crippen LogP contribution < -0.4 is 0 Å². The van der Waals surface area contributed by atoms with E-state index in [1.165, 1.54) is 0 Å². The van der Waals surface area contributed by atoms with Crippen LogP contribution in [0.4, 0.5) is 13.2 Å². The van der Waals surface area contributed by atoms with Crippen LogP contribution in [0.2, 0.25) is 0 Å². The molecule has 0 amide bonds. The Morgan fingerprint density at radius 2 is 2.00 bits per heavy atom. The van der Waals surface area contributed by atoms with Gasteiger partial charge in [0.2, 0.25) is 0 Å². The van der Waals surface area contributed by atoms with Crippen LogP contribution in [0.5, 0.6) is 0 Å². The van der Waals surface area contributed by atoms with Gasteiger partial charge in [0, 0.05) is 12.6 Å². The second kappa shape index (κ2) is 4.17. The maximum Gasteiger partial charge on any atom is 0.402 e. The van der Waals surface area contributed by atoms with Gasteiger partial charge in [-0.15, -0.1) is 0 Å². The van der Waals surface area contributed by atoms with Crippen molar-refractivity contribution in [3.63, 3.8) is 0 Å². The van der Waals surface area contributed by atoms with Crippen molar-refractivity contribution < 1.29 is 13.2 Å². The average molecular weight is 260 g/mol. The van der Waals surface area contributed by atoms with Crippen molar-refractivity contribution in [2.24, 2.45) is 0 Å². The lowest BCUT2D eigenvalue weighted by molar-refractivity contribution is -0.131. The molecule has 1 aliphatic rings. The summed E-state index contributed by atoms with van der Waals surface area (Å²) in [6, 6.07) is 0.363. The highest BCUT2D eigenvalue weighted by Crippen LogP contribution is 2.30. The smallest absolute Gasteiger partial charge is 0.302 e. The van der Waals surface area contributed by atoms with Gasteiger partial charge >= 0.3 is 6.18 Å². The van der Waals surface area contributed by atoms with Crippen molar-refractivity contribution >= 4 is 15.9 Å². The second-order valence-corrected chi connectivity index (χ2v) is 4.64. The molecule has 0 spiro atoms. The number of hydrogen-bond acceptors (Lipinski definition) is 1. The third-order valence-electron chi connectivity index (χ3n) is 2.50. The fourth-order valence-electron chi connectivity index (χ4n) is 1.33. The zero-order valence-corrected chi connectivity index (χ0v) is 9.03. The lowest BCUT2D eigenvalue weighted by Crippen LogP contribution is -2.43. The van der Waals surface area contributed by atoms with Crippen LogP contribution in [0.3, 0.4) is 0 Å². The van der Waals surface area contributed by atoms with Crippen LogP contribution in [-0.4, -0.2) is 35.5 Å². The number of alkyl halides is 4. The van der Waals surface area contributed by atoms with E-state index in [1.54, 1.807) is 11.9 Å². The van der Waals surface area contributed by atoms with E-state index in [2.05, 4.69) is 15.9 Å². The maximum atomic E-state index is 12.1. The predicted octanol–water partition coefficient (Wildman–Crippen LogP) is 2.80. The van der Waals surface area contributed by atoms with Crippen molar-refractivity contribution in [1.82, 2.24) is 4.90 Å². The standard InChI is InChI=1S/C8H13BrF3N/c1-13(6-3-2-4-6)5-7(9)8(10,11)12/h6-7H,2-5H2,1H3. The summed E-state index contributed by atoms with van der Waals surface area (Å²) in [4.78, 5) is 0.391. The quantitative estimate of drug-likeness (QED) is 0.705. The molecule has 1 fully saturated rings. The summed E-state index contributed by atoms with van der Waals surface area (Å²) in [6.07, 6.45) is -0.909. The van der Waals surface area contributed by atoms with E-state index in [4.69, 9.17) is 0 Å². The molecule has 5 heteroatoms. The molecule has 78 valence electrons. The minimum atomic E-state index is -4.13. The highest BCUT2D eigenvalue weighted by Gasteiger charge is 2.39. The fourth-order valence-corrected chi connectivity index (χ4v) is 1.79. The lowest BCUT2D eigenvalue weighted by Gasteiger charge is -2.36. The molecule has 0 aliphatic heterocycles. The van der Waals surface area contributed by atoms with Crippen molar-refractivity contribution in [3.05, 3.63) is 0 Å². The normalized spacial score (nSPS) is 21.7. The number of rotatable bonds is 3. The van der Waals surface area contributed by atoms with Crippen LogP contribution >= 0.6 is 15.9 Å². The predicted molar refractivity (Wildman–Crippen MR) is 49.0 cm³/mol. The summed E-state index contributed by atoms with van der Waals surface area (Å²) in [7, 11) is 1.75. The van der Waals surface area contributed by atoms with Gasteiger partial charge in [-0.05, 0) is 19.9 Å². The monoisotopic (exact) mass is 259 g/mol. The topological polar surface area (TPSA) is 3.24 Å². The molecule has 0 bridgehead atoms. The van der Waals surface area contributed by atoms with Gasteiger partial charge in [0.25, 0.3) is 0 Å². The van der Waals surface area contributed by atoms with Crippen LogP contribution in [0, 0.1) is 0 Å². The van der Waals surface area contributed by atoms with Gasteiger partial charge in [0.15, 0.2) is 0 Å². The van der Waals surface area contributed by atoms with E-state index in [0.717, 1.165) is 19.3 Å². The largest absolute Gasteiger partial charge is 0.402 e. The van der Waals surface area contributed by atoms with Gasteiger partial charge in [-0.1, -0.05) is 22.4 Å². The highest BCUT2D eigenvalue weighted by atomic mass is 79.9. The minimum absolute atomic E-state index is 0.0498. The van der Waals surface area contributed by atoms with Crippen LogP contribution in [0.15, 0.2) is 0 Å². The molecule has 1 saturated carbocycles. The molecule has 0 radical (unpaired) electrons. The molecule has 1 unspecified atom stereocenters. The molecule has 0 aromatic heterocycles. The summed E-state index contributed by atoms with van der Waals surface area (Å²) >= 11 is 2.65. The Morgan fingerprint density at radius 1 is 1.46 bits per heavy atom. The first-order valence-electron chi connectivity index (χ1n) is 4.32. The first-order chi connectivity index (χ1) is 5.91. The first kappa shape index (κ1) is 11.3. The lowest BCUT2D eigenvalue weighted by atomic mass is 9.92. The van der Waals surface area contributed by atoms with Gasteiger partial charge in [-0.25, -0.2) is 0 Å². The molecular formula is C8H13BrF3N. The highest BCUT2D eigenvalue weighted by molar-refractivity contribution is 9.09. The van der Waals surface area contributed by atoms with E-state index in [0.29, 0.717) is 6.04 Å². The van der Waals surface area contributed by atoms with Crippen molar-refractivity contribution in [3.8, 4) is 0 Å². The molecule has 0 saturated heterocycles. The van der Waals surface area contributed by atoms with Crippen LogP contribution in [0.25, 0.3) is 0 Å². The van der Waals surface area contributed by atoms with Crippen LogP contribution in [-0.2, 0) is 0 Å². The van der Waals surface area contributed by atoms with Gasteiger partial charge in [0.1, 0.15) is 4.83 Å². The third-order valence-corrected chi connectivity index (χ3v) is 3.31. The van der Waals surface area contributed by atoms with Crippen molar-refractivity contribution in [2.45, 2.75) is 36.3 Å². The Morgan fingerprint density at radius 3 is 2.31 bits per heavy atom. The Kier molecular flexibility index (Phi) is 3.63. The first-order valence-corrected chi connectivity index (χ1v) is 5.24. The Bertz CT molecular complexity index is 167. The zero-order valence-electron chi connectivity index (χ0n) is 7.44. The molecule has 1 aliphatic carbocycles. The summed E-state index contributed by atoms with van der Waals surface area (Å²) in [5, 5.41) is 0. The van der Waals surface area contributed by atoms with Crippen molar-refractivity contribution in [1.29, 1.82) is 0 Å². The Labute approximate surface area is 84.4 Å². The molecular weight excluding hydrogens is 247 g/mol. The molecule has 0 aromatic carbocycles. The SMILES string of the molecule is CN(CC(Br)C(F)(F)F)C1CCC1. The minimum Gasteiger partial charge on any atom is -0.302 e. The zero-order chi connectivity index (χ0) is 10.1. The van der Waals surface area contributed by atoms with Gasteiger partial charge in [-0.2, -0.15) is 13.2 Å². The van der Waals surface area contributed by atoms with Gasteiger partial charge in [-0.3, -0.25) is 0 Å². The second-order valence-electron chi connectivity index (χ2n) is 3.53. The van der Waals surface area contributed by atoms with Crippen LogP contribution in [0.1, 0.15) is 19.3 Å². The molecule has 13 heavy (non-hydrogen) atoms. The summed E-state index contributed by atoms with van der Waals surface area (Å²) < 4.78 is 36.4. The van der Waals surface area contributed by atoms with Gasteiger partial charge < -0.3 is 4.90 Å². The van der Waals surface area contributed by atoms with E-state index in [-0.39, 0.29) is 6.54 Å². The fraction of sp³-hybridized carbons (Fsp3) is 1.00. The van der Waals surface area contributed by atoms with Crippen molar-refractivity contribution in [2.75, 3.05) is 13.6 Å². The molecule has 0 aromatic rings. The average Bonchev–Trinajstić information content (AvgIpc) is 1.79. The molecule has 1 rings (SSSR count). The van der Waals surface area contributed by atoms with E-state index < -0.39 is 11.0 Å². The number of hydrogen-bond donors (Lipinski definition) is 0. The summed E-state index contributed by atoms with van der Waals surface area (Å²) in [5.41, 5.74) is 0. The molecule has 0 heterocycles. The number of nitrogens with zero attached hydrogens (tertiary/aromatic N) is 1.